The monoisotopic (exact) mass is 226 g/mol. The van der Waals surface area contributed by atoms with Crippen molar-refractivity contribution in [2.24, 2.45) is 0 Å². The van der Waals surface area contributed by atoms with Crippen LogP contribution >= 0.6 is 0 Å². The highest BCUT2D eigenvalue weighted by atomic mass is 16.4. The van der Waals surface area contributed by atoms with E-state index in [-0.39, 0.29) is 12.5 Å². The fourth-order valence-corrected chi connectivity index (χ4v) is 1.49. The highest BCUT2D eigenvalue weighted by molar-refractivity contribution is 6.04. The van der Waals surface area contributed by atoms with E-state index in [2.05, 4.69) is 5.32 Å². The number of carboxylic acid groups (broad SMARTS) is 1. The Balaban J connectivity index is 2.57. The highest BCUT2D eigenvalue weighted by Crippen LogP contribution is 2.10. The molecule has 16 heavy (non-hydrogen) atoms. The Morgan fingerprint density at radius 2 is 2.25 bits per heavy atom. The molecule has 1 aliphatic heterocycles. The maximum atomic E-state index is 11.6. The van der Waals surface area contributed by atoms with E-state index in [1.54, 1.807) is 0 Å². The summed E-state index contributed by atoms with van der Waals surface area (Å²) in [5.41, 5.74) is 0. The standard InChI is InChI=1S/C10H14N2O4/c1-2-4-7-9(15)12(10(16)11-7)6-3-5-8(13)14/h3,5,7H,2,4,6H2,1H3,(H,11,16)(H,13,14)/b5-3+. The van der Waals surface area contributed by atoms with Gasteiger partial charge in [-0.25, -0.2) is 9.59 Å². The summed E-state index contributed by atoms with van der Waals surface area (Å²) < 4.78 is 0. The first kappa shape index (κ1) is 12.2. The lowest BCUT2D eigenvalue weighted by atomic mass is 10.2. The molecule has 0 spiro atoms. The summed E-state index contributed by atoms with van der Waals surface area (Å²) in [5.74, 6) is -1.39. The van der Waals surface area contributed by atoms with E-state index in [4.69, 9.17) is 5.11 Å². The van der Waals surface area contributed by atoms with Gasteiger partial charge in [0.2, 0.25) is 0 Å². The van der Waals surface area contributed by atoms with Crippen LogP contribution in [-0.2, 0) is 9.59 Å². The van der Waals surface area contributed by atoms with Crippen LogP contribution in [0.5, 0.6) is 0 Å². The Morgan fingerprint density at radius 1 is 1.56 bits per heavy atom. The molecule has 1 fully saturated rings. The van der Waals surface area contributed by atoms with Gasteiger partial charge in [-0.3, -0.25) is 9.69 Å². The van der Waals surface area contributed by atoms with Crippen molar-refractivity contribution in [1.82, 2.24) is 10.2 Å². The summed E-state index contributed by atoms with van der Waals surface area (Å²) >= 11 is 0. The van der Waals surface area contributed by atoms with E-state index >= 15 is 0 Å². The lowest BCUT2D eigenvalue weighted by molar-refractivity contribution is -0.131. The first-order valence-corrected chi connectivity index (χ1v) is 5.07. The van der Waals surface area contributed by atoms with Crippen LogP contribution in [0, 0.1) is 0 Å². The summed E-state index contributed by atoms with van der Waals surface area (Å²) in [4.78, 5) is 34.2. The molecule has 1 atom stereocenters. The molecule has 0 aromatic carbocycles. The van der Waals surface area contributed by atoms with Crippen molar-refractivity contribution in [2.75, 3.05) is 6.54 Å². The molecular weight excluding hydrogens is 212 g/mol. The van der Waals surface area contributed by atoms with Gasteiger partial charge in [-0.15, -0.1) is 0 Å². The topological polar surface area (TPSA) is 86.7 Å². The van der Waals surface area contributed by atoms with E-state index in [0.29, 0.717) is 6.42 Å². The van der Waals surface area contributed by atoms with Crippen LogP contribution in [-0.4, -0.2) is 40.5 Å². The van der Waals surface area contributed by atoms with Gasteiger partial charge in [-0.2, -0.15) is 0 Å². The van der Waals surface area contributed by atoms with Crippen LogP contribution in [0.25, 0.3) is 0 Å². The number of carbonyl (C=O) groups is 3. The minimum absolute atomic E-state index is 0.00280. The number of nitrogens with one attached hydrogen (secondary N) is 1. The van der Waals surface area contributed by atoms with E-state index in [0.717, 1.165) is 17.4 Å². The highest BCUT2D eigenvalue weighted by Gasteiger charge is 2.36. The second kappa shape index (κ2) is 5.29. The summed E-state index contributed by atoms with van der Waals surface area (Å²) in [6, 6.07) is -0.922. The van der Waals surface area contributed by atoms with Crippen molar-refractivity contribution in [1.29, 1.82) is 0 Å². The third-order valence-electron chi connectivity index (χ3n) is 2.23. The normalized spacial score (nSPS) is 20.6. The second-order valence-electron chi connectivity index (χ2n) is 3.48. The third kappa shape index (κ3) is 2.82. The van der Waals surface area contributed by atoms with Crippen molar-refractivity contribution in [2.45, 2.75) is 25.8 Å². The Labute approximate surface area is 92.9 Å². The molecule has 0 aromatic heterocycles. The average Bonchev–Trinajstić information content (AvgIpc) is 2.45. The number of aliphatic carboxylic acids is 1. The molecule has 1 unspecified atom stereocenters. The molecule has 1 rings (SSSR count). The smallest absolute Gasteiger partial charge is 0.328 e. The third-order valence-corrected chi connectivity index (χ3v) is 2.23. The Kier molecular flexibility index (Phi) is 4.04. The van der Waals surface area contributed by atoms with E-state index in [1.807, 2.05) is 6.92 Å². The number of urea groups is 1. The summed E-state index contributed by atoms with van der Waals surface area (Å²) in [6.07, 6.45) is 3.58. The summed E-state index contributed by atoms with van der Waals surface area (Å²) in [7, 11) is 0. The van der Waals surface area contributed by atoms with Crippen LogP contribution in [0.3, 0.4) is 0 Å². The molecule has 0 saturated carbocycles. The zero-order valence-corrected chi connectivity index (χ0v) is 8.97. The molecule has 6 heteroatoms. The van der Waals surface area contributed by atoms with Crippen LogP contribution in [0.2, 0.25) is 0 Å². The molecule has 0 radical (unpaired) electrons. The van der Waals surface area contributed by atoms with E-state index in [1.165, 1.54) is 6.08 Å². The molecule has 1 heterocycles. The molecule has 3 amide bonds. The van der Waals surface area contributed by atoms with Crippen molar-refractivity contribution < 1.29 is 19.5 Å². The number of carbonyl (C=O) groups excluding carboxylic acids is 2. The molecule has 1 aliphatic rings. The Hall–Kier alpha value is -1.85. The number of hydrogen-bond donors (Lipinski definition) is 2. The van der Waals surface area contributed by atoms with Gasteiger partial charge in [0.05, 0.1) is 0 Å². The predicted molar refractivity (Wildman–Crippen MR) is 55.7 cm³/mol. The largest absolute Gasteiger partial charge is 0.478 e. The number of amides is 3. The molecule has 1 saturated heterocycles. The molecule has 2 N–H and O–H groups in total. The maximum Gasteiger partial charge on any atom is 0.328 e. The van der Waals surface area contributed by atoms with Crippen molar-refractivity contribution in [3.05, 3.63) is 12.2 Å². The van der Waals surface area contributed by atoms with Crippen molar-refractivity contribution in [3.8, 4) is 0 Å². The first-order valence-electron chi connectivity index (χ1n) is 5.07. The second-order valence-corrected chi connectivity index (χ2v) is 3.48. The Bertz CT molecular complexity index is 338. The summed E-state index contributed by atoms with van der Waals surface area (Å²) in [5, 5.41) is 10.9. The maximum absolute atomic E-state index is 11.6. The SMILES string of the molecule is CCCC1NC(=O)N(C/C=C/C(=O)O)C1=O. The van der Waals surface area contributed by atoms with Crippen LogP contribution in [0.4, 0.5) is 4.79 Å². The van der Waals surface area contributed by atoms with Crippen molar-refractivity contribution in [3.63, 3.8) is 0 Å². The summed E-state index contributed by atoms with van der Waals surface area (Å²) in [6.45, 7) is 1.92. The molecular formula is C10H14N2O4. The molecule has 0 aliphatic carbocycles. The van der Waals surface area contributed by atoms with Gasteiger partial charge in [0.15, 0.2) is 0 Å². The number of rotatable bonds is 5. The van der Waals surface area contributed by atoms with Gasteiger partial charge >= 0.3 is 12.0 Å². The molecule has 88 valence electrons. The number of hydrogen-bond acceptors (Lipinski definition) is 3. The fraction of sp³-hybridized carbons (Fsp3) is 0.500. The molecule has 0 bridgehead atoms. The number of carboxylic acids is 1. The van der Waals surface area contributed by atoms with E-state index < -0.39 is 18.0 Å². The molecule has 6 nitrogen and oxygen atoms in total. The average molecular weight is 226 g/mol. The van der Waals surface area contributed by atoms with Crippen LogP contribution < -0.4 is 5.32 Å². The van der Waals surface area contributed by atoms with Crippen LogP contribution in [0.15, 0.2) is 12.2 Å². The van der Waals surface area contributed by atoms with Gasteiger partial charge in [-0.1, -0.05) is 19.4 Å². The van der Waals surface area contributed by atoms with Gasteiger partial charge in [0.25, 0.3) is 5.91 Å². The predicted octanol–water partition coefficient (Wildman–Crippen LogP) is 0.348. The minimum atomic E-state index is -1.10. The Morgan fingerprint density at radius 3 is 2.81 bits per heavy atom. The lowest BCUT2D eigenvalue weighted by Gasteiger charge is -2.09. The zero-order valence-electron chi connectivity index (χ0n) is 8.97. The van der Waals surface area contributed by atoms with E-state index in [9.17, 15) is 14.4 Å². The number of imide groups is 1. The van der Waals surface area contributed by atoms with Gasteiger partial charge in [-0.05, 0) is 6.42 Å². The van der Waals surface area contributed by atoms with Crippen LogP contribution in [0.1, 0.15) is 19.8 Å². The number of nitrogens with zero attached hydrogens (tertiary/aromatic N) is 1. The first-order chi connectivity index (χ1) is 7.56. The van der Waals surface area contributed by atoms with Gasteiger partial charge < -0.3 is 10.4 Å². The molecule has 0 aromatic rings. The van der Waals surface area contributed by atoms with Gasteiger partial charge in [0.1, 0.15) is 6.04 Å². The quantitative estimate of drug-likeness (QED) is 0.523. The zero-order chi connectivity index (χ0) is 12.1. The van der Waals surface area contributed by atoms with Crippen molar-refractivity contribution >= 4 is 17.9 Å². The van der Waals surface area contributed by atoms with Gasteiger partial charge in [0, 0.05) is 12.6 Å². The lowest BCUT2D eigenvalue weighted by Crippen LogP contribution is -2.31. The minimum Gasteiger partial charge on any atom is -0.478 e. The fourth-order valence-electron chi connectivity index (χ4n) is 1.49.